The molecule has 8 heteroatoms. The van der Waals surface area contributed by atoms with E-state index in [-0.39, 0.29) is 6.03 Å². The van der Waals surface area contributed by atoms with Gasteiger partial charge in [-0.25, -0.2) is 19.2 Å². The van der Waals surface area contributed by atoms with Crippen LogP contribution in [0.15, 0.2) is 41.3 Å². The zero-order valence-electron chi connectivity index (χ0n) is 13.2. The van der Waals surface area contributed by atoms with Crippen LogP contribution in [0.5, 0.6) is 0 Å². The topological polar surface area (TPSA) is 62.5 Å². The summed E-state index contributed by atoms with van der Waals surface area (Å²) < 4.78 is 16.8. The van der Waals surface area contributed by atoms with Gasteiger partial charge >= 0.3 is 6.03 Å². The molecular formula is C17H15BrFN5O. The van der Waals surface area contributed by atoms with Crippen molar-refractivity contribution in [3.8, 4) is 11.3 Å². The van der Waals surface area contributed by atoms with Crippen molar-refractivity contribution in [3.05, 3.63) is 47.1 Å². The standard InChI is InChI=1S/C17H15BrFN5O/c18-11-8-20-16-22-15(10-24(16)9-11)13-7-12(3-4-14(13)19)21-17(25)23-5-1-2-6-23/h3-4,7-10H,1-2,5-6H2,(H,21,25). The van der Waals surface area contributed by atoms with E-state index in [2.05, 4.69) is 31.2 Å². The summed E-state index contributed by atoms with van der Waals surface area (Å²) in [7, 11) is 0. The first-order chi connectivity index (χ1) is 12.1. The van der Waals surface area contributed by atoms with Crippen molar-refractivity contribution in [2.75, 3.05) is 18.4 Å². The van der Waals surface area contributed by atoms with Crippen LogP contribution in [0.3, 0.4) is 0 Å². The first-order valence-electron chi connectivity index (χ1n) is 7.96. The van der Waals surface area contributed by atoms with Crippen molar-refractivity contribution < 1.29 is 9.18 Å². The first-order valence-corrected chi connectivity index (χ1v) is 8.75. The number of nitrogens with one attached hydrogen (secondary N) is 1. The molecule has 1 fully saturated rings. The quantitative estimate of drug-likeness (QED) is 0.704. The molecule has 0 saturated carbocycles. The van der Waals surface area contributed by atoms with E-state index in [4.69, 9.17) is 0 Å². The predicted octanol–water partition coefficient (Wildman–Crippen LogP) is 3.93. The van der Waals surface area contributed by atoms with E-state index in [1.165, 1.54) is 6.07 Å². The van der Waals surface area contributed by atoms with E-state index >= 15 is 0 Å². The van der Waals surface area contributed by atoms with E-state index in [1.54, 1.807) is 40.0 Å². The summed E-state index contributed by atoms with van der Waals surface area (Å²) in [5, 5.41) is 2.83. The zero-order valence-corrected chi connectivity index (χ0v) is 14.8. The normalized spacial score (nSPS) is 14.2. The Kier molecular flexibility index (Phi) is 4.12. The Morgan fingerprint density at radius 3 is 2.84 bits per heavy atom. The Labute approximate surface area is 151 Å². The van der Waals surface area contributed by atoms with Crippen molar-refractivity contribution in [3.63, 3.8) is 0 Å². The fourth-order valence-corrected chi connectivity index (χ4v) is 3.23. The summed E-state index contributed by atoms with van der Waals surface area (Å²) in [6.07, 6.45) is 7.18. The van der Waals surface area contributed by atoms with Gasteiger partial charge in [0.1, 0.15) is 5.82 Å². The van der Waals surface area contributed by atoms with Crippen LogP contribution in [0.4, 0.5) is 14.9 Å². The number of nitrogens with zero attached hydrogens (tertiary/aromatic N) is 4. The number of rotatable bonds is 2. The number of hydrogen-bond acceptors (Lipinski definition) is 3. The number of aromatic nitrogens is 3. The molecule has 1 aliphatic heterocycles. The fraction of sp³-hybridized carbons (Fsp3) is 0.235. The number of anilines is 1. The van der Waals surface area contributed by atoms with Gasteiger partial charge in [0.15, 0.2) is 0 Å². The maximum Gasteiger partial charge on any atom is 0.321 e. The molecule has 0 radical (unpaired) electrons. The molecule has 0 spiro atoms. The number of fused-ring (bicyclic) bond motifs is 1. The minimum atomic E-state index is -0.401. The average molecular weight is 404 g/mol. The highest BCUT2D eigenvalue weighted by molar-refractivity contribution is 9.10. The van der Waals surface area contributed by atoms with Crippen LogP contribution in [0, 0.1) is 5.82 Å². The van der Waals surface area contributed by atoms with E-state index < -0.39 is 5.82 Å². The van der Waals surface area contributed by atoms with Gasteiger partial charge in [-0.3, -0.25) is 4.40 Å². The van der Waals surface area contributed by atoms with Gasteiger partial charge in [0, 0.05) is 42.9 Å². The van der Waals surface area contributed by atoms with Crippen molar-refractivity contribution in [2.24, 2.45) is 0 Å². The maximum atomic E-state index is 14.3. The highest BCUT2D eigenvalue weighted by Gasteiger charge is 2.18. The molecule has 0 atom stereocenters. The van der Waals surface area contributed by atoms with Gasteiger partial charge in [-0.2, -0.15) is 0 Å². The van der Waals surface area contributed by atoms with Crippen molar-refractivity contribution in [2.45, 2.75) is 12.8 Å². The first kappa shape index (κ1) is 16.0. The predicted molar refractivity (Wildman–Crippen MR) is 95.9 cm³/mol. The third-order valence-electron chi connectivity index (χ3n) is 4.17. The highest BCUT2D eigenvalue weighted by atomic mass is 79.9. The molecule has 1 aromatic carbocycles. The van der Waals surface area contributed by atoms with Gasteiger partial charge in [0.25, 0.3) is 0 Å². The van der Waals surface area contributed by atoms with Gasteiger partial charge in [-0.15, -0.1) is 0 Å². The van der Waals surface area contributed by atoms with Crippen molar-refractivity contribution >= 4 is 33.4 Å². The number of carbonyl (C=O) groups excluding carboxylic acids is 1. The molecule has 0 unspecified atom stereocenters. The van der Waals surface area contributed by atoms with E-state index in [0.29, 0.717) is 22.7 Å². The molecule has 1 N–H and O–H groups in total. The van der Waals surface area contributed by atoms with Gasteiger partial charge in [0.05, 0.1) is 10.2 Å². The van der Waals surface area contributed by atoms with Gasteiger partial charge in [-0.05, 0) is 47.0 Å². The number of imidazole rings is 1. The molecule has 128 valence electrons. The molecule has 0 bridgehead atoms. The summed E-state index contributed by atoms with van der Waals surface area (Å²) in [6.45, 7) is 1.51. The number of carbonyl (C=O) groups is 1. The Bertz CT molecular complexity index is 951. The van der Waals surface area contributed by atoms with E-state index in [1.807, 2.05) is 0 Å². The lowest BCUT2D eigenvalue weighted by atomic mass is 10.1. The molecule has 1 saturated heterocycles. The molecule has 2 aromatic heterocycles. The van der Waals surface area contributed by atoms with Crippen LogP contribution in [0.1, 0.15) is 12.8 Å². The average Bonchev–Trinajstić information content (AvgIpc) is 3.25. The SMILES string of the molecule is O=C(Nc1ccc(F)c(-c2cn3cc(Br)cnc3n2)c1)N1CCCC1. The number of benzene rings is 1. The number of halogens is 2. The minimum Gasteiger partial charge on any atom is -0.325 e. The van der Waals surface area contributed by atoms with Crippen LogP contribution in [0.25, 0.3) is 17.0 Å². The zero-order chi connectivity index (χ0) is 17.4. The van der Waals surface area contributed by atoms with Gasteiger partial charge in [0.2, 0.25) is 5.78 Å². The second-order valence-electron chi connectivity index (χ2n) is 5.92. The maximum absolute atomic E-state index is 14.3. The lowest BCUT2D eigenvalue weighted by molar-refractivity contribution is 0.222. The summed E-state index contributed by atoms with van der Waals surface area (Å²) in [4.78, 5) is 22.5. The number of urea groups is 1. The lowest BCUT2D eigenvalue weighted by Gasteiger charge is -2.16. The van der Waals surface area contributed by atoms with Crippen molar-refractivity contribution in [1.82, 2.24) is 19.3 Å². The van der Waals surface area contributed by atoms with E-state index in [0.717, 1.165) is 30.4 Å². The Morgan fingerprint density at radius 2 is 2.04 bits per heavy atom. The number of likely N-dealkylation sites (tertiary alicyclic amines) is 1. The molecule has 1 aliphatic rings. The monoisotopic (exact) mass is 403 g/mol. The van der Waals surface area contributed by atoms with E-state index in [9.17, 15) is 9.18 Å². The Balaban J connectivity index is 1.65. The number of hydrogen-bond donors (Lipinski definition) is 1. The van der Waals surface area contributed by atoms with Crippen LogP contribution >= 0.6 is 15.9 Å². The third kappa shape index (κ3) is 3.21. The van der Waals surface area contributed by atoms with Crippen LogP contribution in [-0.4, -0.2) is 38.4 Å². The molecule has 4 rings (SSSR count). The molecular weight excluding hydrogens is 389 g/mol. The van der Waals surface area contributed by atoms with Gasteiger partial charge < -0.3 is 10.2 Å². The fourth-order valence-electron chi connectivity index (χ4n) is 2.91. The summed E-state index contributed by atoms with van der Waals surface area (Å²) >= 11 is 3.35. The highest BCUT2D eigenvalue weighted by Crippen LogP contribution is 2.26. The second kappa shape index (κ2) is 6.44. The van der Waals surface area contributed by atoms with Crippen LogP contribution in [-0.2, 0) is 0 Å². The molecule has 3 aromatic rings. The van der Waals surface area contributed by atoms with Gasteiger partial charge in [-0.1, -0.05) is 0 Å². The minimum absolute atomic E-state index is 0.157. The second-order valence-corrected chi connectivity index (χ2v) is 6.84. The van der Waals surface area contributed by atoms with Crippen molar-refractivity contribution in [1.29, 1.82) is 0 Å². The molecule has 2 amide bonds. The lowest BCUT2D eigenvalue weighted by Crippen LogP contribution is -2.32. The summed E-state index contributed by atoms with van der Waals surface area (Å²) in [5.74, 6) is 0.0748. The molecule has 0 aliphatic carbocycles. The smallest absolute Gasteiger partial charge is 0.321 e. The molecule has 25 heavy (non-hydrogen) atoms. The largest absolute Gasteiger partial charge is 0.325 e. The molecule has 6 nitrogen and oxygen atoms in total. The molecule has 3 heterocycles. The third-order valence-corrected chi connectivity index (χ3v) is 4.57. The van der Waals surface area contributed by atoms with Crippen LogP contribution in [0.2, 0.25) is 0 Å². The summed E-state index contributed by atoms with van der Waals surface area (Å²) in [6, 6.07) is 4.33. The summed E-state index contributed by atoms with van der Waals surface area (Å²) in [5.41, 5.74) is 1.32. The Hall–Kier alpha value is -2.48. The number of amides is 2. The van der Waals surface area contributed by atoms with Crippen LogP contribution < -0.4 is 5.32 Å². The Morgan fingerprint density at radius 1 is 1.24 bits per heavy atom.